The first kappa shape index (κ1) is 35.1. The van der Waals surface area contributed by atoms with Crippen LogP contribution in [0.4, 0.5) is 9.59 Å². The lowest BCUT2D eigenvalue weighted by molar-refractivity contribution is -0.145. The lowest BCUT2D eigenvalue weighted by Crippen LogP contribution is -2.56. The number of allylic oxidation sites excluding steroid dienone is 1. The van der Waals surface area contributed by atoms with Crippen LogP contribution < -0.4 is 15.4 Å². The second-order valence-electron chi connectivity index (χ2n) is 14.8. The lowest BCUT2D eigenvalue weighted by atomic mass is 10.0. The number of rotatable bonds is 4. The number of aromatic amines is 1. The fourth-order valence-corrected chi connectivity index (χ4v) is 7.32. The number of nitrogens with one attached hydrogen (secondary N) is 3. The molecule has 2 fully saturated rings. The number of ether oxygens (including phenoxy) is 3. The topological polar surface area (TPSA) is 180 Å². The molecule has 50 heavy (non-hydrogen) atoms. The van der Waals surface area contributed by atoms with Gasteiger partial charge in [-0.05, 0) is 76.6 Å². The molecule has 2 aromatic rings. The van der Waals surface area contributed by atoms with Crippen molar-refractivity contribution < 1.29 is 43.3 Å². The third-order valence-corrected chi connectivity index (χ3v) is 10.0. The molecule has 1 saturated heterocycles. The maximum Gasteiger partial charge on any atom is 0.410 e. The zero-order chi connectivity index (χ0) is 35.8. The van der Waals surface area contributed by atoms with Crippen LogP contribution in [-0.4, -0.2) is 99.4 Å². The van der Waals surface area contributed by atoms with Gasteiger partial charge in [0, 0.05) is 35.5 Å². The molecule has 1 aromatic carbocycles. The summed E-state index contributed by atoms with van der Waals surface area (Å²) in [5.74, 6) is -1.93. The lowest BCUT2D eigenvalue weighted by Gasteiger charge is -2.30. The molecule has 3 aliphatic heterocycles. The normalized spacial score (nSPS) is 27.8. The number of aromatic nitrogens is 1. The van der Waals surface area contributed by atoms with Crippen LogP contribution in [0, 0.1) is 5.92 Å². The van der Waals surface area contributed by atoms with Gasteiger partial charge in [0.2, 0.25) is 11.8 Å². The minimum atomic E-state index is -1.47. The Labute approximate surface area is 290 Å². The number of carbonyl (C=O) groups excluding carboxylic acids is 4. The SMILES string of the molecule is COc1ccc2[nH]c3c(c2c1)CCN(C(=O)O[C@@H]1C[C@H]2C(=O)N[C@]4(C(=O)O)C[C@@H]4/C=C\CCCCC[C@H](NC(=O)OC(C)(C)C)C(=O)N2C1)C3. The number of amides is 4. The van der Waals surface area contributed by atoms with E-state index in [1.165, 1.54) is 4.90 Å². The number of aliphatic carboxylic acids is 1. The smallest absolute Gasteiger partial charge is 0.410 e. The third-order valence-electron chi connectivity index (χ3n) is 10.0. The van der Waals surface area contributed by atoms with Crippen molar-refractivity contribution in [2.24, 2.45) is 5.92 Å². The van der Waals surface area contributed by atoms with E-state index in [9.17, 15) is 29.1 Å². The number of carboxylic acid groups (broad SMARTS) is 1. The molecule has 1 aromatic heterocycles. The molecule has 1 saturated carbocycles. The molecular weight excluding hydrogens is 646 g/mol. The van der Waals surface area contributed by atoms with Gasteiger partial charge in [0.05, 0.1) is 20.2 Å². The van der Waals surface area contributed by atoms with E-state index in [-0.39, 0.29) is 25.3 Å². The minimum Gasteiger partial charge on any atom is -0.497 e. The van der Waals surface area contributed by atoms with Gasteiger partial charge in [-0.15, -0.1) is 0 Å². The molecular formula is C36H47N5O9. The highest BCUT2D eigenvalue weighted by Crippen LogP contribution is 2.45. The Morgan fingerprint density at radius 1 is 1.12 bits per heavy atom. The maximum absolute atomic E-state index is 14.2. The first-order valence-electron chi connectivity index (χ1n) is 17.4. The van der Waals surface area contributed by atoms with Gasteiger partial charge in [0.1, 0.15) is 35.1 Å². The summed E-state index contributed by atoms with van der Waals surface area (Å²) >= 11 is 0. The van der Waals surface area contributed by atoms with Gasteiger partial charge >= 0.3 is 18.2 Å². The van der Waals surface area contributed by atoms with Crippen LogP contribution in [0.1, 0.15) is 77.0 Å². The molecule has 14 heteroatoms. The van der Waals surface area contributed by atoms with E-state index in [1.54, 1.807) is 32.8 Å². The molecule has 14 nitrogen and oxygen atoms in total. The second-order valence-corrected chi connectivity index (χ2v) is 14.8. The quantitative estimate of drug-likeness (QED) is 0.344. The average Bonchev–Trinajstić information content (AvgIpc) is 3.40. The van der Waals surface area contributed by atoms with Crippen molar-refractivity contribution in [3.63, 3.8) is 0 Å². The molecule has 6 rings (SSSR count). The van der Waals surface area contributed by atoms with Crippen LogP contribution in [0.3, 0.4) is 0 Å². The number of carboxylic acids is 1. The van der Waals surface area contributed by atoms with Crippen molar-refractivity contribution in [2.45, 2.75) is 108 Å². The van der Waals surface area contributed by atoms with Crippen molar-refractivity contribution in [1.82, 2.24) is 25.4 Å². The molecule has 4 N–H and O–H groups in total. The molecule has 0 radical (unpaired) electrons. The van der Waals surface area contributed by atoms with E-state index < -0.39 is 59.3 Å². The summed E-state index contributed by atoms with van der Waals surface area (Å²) < 4.78 is 16.8. The fraction of sp³-hybridized carbons (Fsp3) is 0.583. The average molecular weight is 694 g/mol. The number of nitrogens with zero attached hydrogens (tertiary/aromatic N) is 2. The van der Waals surface area contributed by atoms with E-state index in [4.69, 9.17) is 14.2 Å². The van der Waals surface area contributed by atoms with Gasteiger partial charge in [-0.2, -0.15) is 0 Å². The van der Waals surface area contributed by atoms with Gasteiger partial charge in [-0.25, -0.2) is 14.4 Å². The fourth-order valence-electron chi connectivity index (χ4n) is 7.32. The van der Waals surface area contributed by atoms with Crippen molar-refractivity contribution in [3.05, 3.63) is 41.6 Å². The van der Waals surface area contributed by atoms with Crippen LogP contribution in [-0.2, 0) is 36.8 Å². The zero-order valence-corrected chi connectivity index (χ0v) is 29.1. The van der Waals surface area contributed by atoms with Crippen molar-refractivity contribution in [2.75, 3.05) is 20.2 Å². The first-order valence-corrected chi connectivity index (χ1v) is 17.4. The van der Waals surface area contributed by atoms with Crippen molar-refractivity contribution in [3.8, 4) is 5.75 Å². The zero-order valence-electron chi connectivity index (χ0n) is 29.1. The van der Waals surface area contributed by atoms with Gasteiger partial charge in [-0.1, -0.05) is 25.0 Å². The molecule has 4 heterocycles. The largest absolute Gasteiger partial charge is 0.497 e. The van der Waals surface area contributed by atoms with E-state index in [0.717, 1.165) is 47.2 Å². The Hall–Kier alpha value is -4.75. The van der Waals surface area contributed by atoms with Crippen LogP contribution in [0.5, 0.6) is 5.75 Å². The molecule has 0 unspecified atom stereocenters. The maximum atomic E-state index is 14.2. The summed E-state index contributed by atoms with van der Waals surface area (Å²) in [7, 11) is 1.62. The second kappa shape index (κ2) is 13.9. The Morgan fingerprint density at radius 3 is 2.66 bits per heavy atom. The number of H-pyrrole nitrogens is 1. The van der Waals surface area contributed by atoms with Crippen molar-refractivity contribution in [1.29, 1.82) is 0 Å². The van der Waals surface area contributed by atoms with Gasteiger partial charge < -0.3 is 44.7 Å². The number of methoxy groups -OCH3 is 1. The molecule has 4 amide bonds. The standard InChI is InChI=1S/C36H47N5O9/c1-35(2,3)50-33(46)38-27-11-9-7-5-6-8-10-21-18-36(21,32(44)45)39-30(42)29-17-23(19-41(29)31(27)43)49-34(47)40-15-14-24-25-16-22(48-4)12-13-26(25)37-28(24)20-40/h8,10,12-13,16,21,23,27,29,37H,5-7,9,11,14-15,17-20H2,1-4H3,(H,38,46)(H,39,42)(H,44,45)/b10-8-/t21-,23+,27-,29-,36+/m0/s1. The summed E-state index contributed by atoms with van der Waals surface area (Å²) in [6.45, 7) is 5.78. The predicted molar refractivity (Wildman–Crippen MR) is 181 cm³/mol. The first-order chi connectivity index (χ1) is 23.8. The van der Waals surface area contributed by atoms with Gasteiger partial charge in [0.25, 0.3) is 0 Å². The summed E-state index contributed by atoms with van der Waals surface area (Å²) in [6, 6.07) is 3.66. The van der Waals surface area contributed by atoms with E-state index in [0.29, 0.717) is 32.4 Å². The molecule has 4 aliphatic rings. The third kappa shape index (κ3) is 7.38. The predicted octanol–water partition coefficient (Wildman–Crippen LogP) is 4.01. The summed E-state index contributed by atoms with van der Waals surface area (Å²) in [5, 5.41) is 16.6. The number of benzene rings is 1. The summed E-state index contributed by atoms with van der Waals surface area (Å²) in [6.07, 6.45) is 5.69. The highest BCUT2D eigenvalue weighted by atomic mass is 16.6. The van der Waals surface area contributed by atoms with Gasteiger partial charge in [-0.3, -0.25) is 9.59 Å². The number of alkyl carbamates (subject to hydrolysis) is 1. The van der Waals surface area contributed by atoms with Gasteiger partial charge in [0.15, 0.2) is 0 Å². The van der Waals surface area contributed by atoms with E-state index in [2.05, 4.69) is 15.6 Å². The Kier molecular flexibility index (Phi) is 9.73. The highest BCUT2D eigenvalue weighted by Gasteiger charge is 2.61. The van der Waals surface area contributed by atoms with Crippen LogP contribution >= 0.6 is 0 Å². The monoisotopic (exact) mass is 693 g/mol. The molecule has 5 atom stereocenters. The minimum absolute atomic E-state index is 0.0239. The Balaban J connectivity index is 1.21. The molecule has 0 spiro atoms. The number of fused-ring (bicyclic) bond motifs is 5. The highest BCUT2D eigenvalue weighted by molar-refractivity contribution is 5.96. The summed E-state index contributed by atoms with van der Waals surface area (Å²) in [5.41, 5.74) is 0.683. The molecule has 0 bridgehead atoms. The van der Waals surface area contributed by atoms with E-state index in [1.807, 2.05) is 30.4 Å². The molecule has 270 valence electrons. The number of carbonyl (C=O) groups is 5. The van der Waals surface area contributed by atoms with E-state index >= 15 is 0 Å². The van der Waals surface area contributed by atoms with Crippen LogP contribution in [0.2, 0.25) is 0 Å². The van der Waals surface area contributed by atoms with Crippen LogP contribution in [0.15, 0.2) is 30.4 Å². The Morgan fingerprint density at radius 2 is 1.92 bits per heavy atom. The Bertz CT molecular complexity index is 1700. The summed E-state index contributed by atoms with van der Waals surface area (Å²) in [4.78, 5) is 73.1. The number of hydrogen-bond acceptors (Lipinski definition) is 8. The van der Waals surface area contributed by atoms with Crippen molar-refractivity contribution >= 4 is 40.9 Å². The van der Waals surface area contributed by atoms with Crippen LogP contribution in [0.25, 0.3) is 10.9 Å². The molecule has 1 aliphatic carbocycles. The number of hydrogen-bond donors (Lipinski definition) is 4.